The summed E-state index contributed by atoms with van der Waals surface area (Å²) in [5.74, 6) is 1.32. The normalized spacial score (nSPS) is 24.3. The lowest BCUT2D eigenvalue weighted by Gasteiger charge is -2.38. The maximum atomic E-state index is 13.0. The highest BCUT2D eigenvalue weighted by molar-refractivity contribution is 7.91. The average Bonchev–Trinajstić information content (AvgIpc) is 3.15. The summed E-state index contributed by atoms with van der Waals surface area (Å²) in [6.45, 7) is 5.55. The molecule has 0 N–H and O–H groups in total. The first-order chi connectivity index (χ1) is 14.4. The number of hydrogen-bond donors (Lipinski definition) is 0. The van der Waals surface area contributed by atoms with Crippen molar-refractivity contribution in [3.63, 3.8) is 0 Å². The van der Waals surface area contributed by atoms with Gasteiger partial charge in [0.2, 0.25) is 0 Å². The summed E-state index contributed by atoms with van der Waals surface area (Å²) in [6.07, 6.45) is 7.44. The van der Waals surface area contributed by atoms with Crippen molar-refractivity contribution < 1.29 is 17.7 Å². The number of benzene rings is 1. The van der Waals surface area contributed by atoms with Crippen LogP contribution in [0.3, 0.4) is 0 Å². The molecule has 2 aromatic rings. The molecular weight excluding hydrogens is 400 g/mol. The second-order valence-electron chi connectivity index (χ2n) is 8.76. The third-order valence-electron chi connectivity index (χ3n) is 6.48. The van der Waals surface area contributed by atoms with Gasteiger partial charge in [-0.3, -0.25) is 4.90 Å². The molecular formula is C23H32N2O4S. The van der Waals surface area contributed by atoms with Gasteiger partial charge in [-0.2, -0.15) is 0 Å². The number of fused-ring (bicyclic) bond motifs is 2. The molecule has 2 bridgehead atoms. The van der Waals surface area contributed by atoms with Crippen molar-refractivity contribution in [2.75, 3.05) is 5.88 Å². The van der Waals surface area contributed by atoms with Crippen LogP contribution in [0.5, 0.6) is 5.75 Å². The van der Waals surface area contributed by atoms with E-state index in [9.17, 15) is 8.42 Å². The van der Waals surface area contributed by atoms with E-state index in [4.69, 9.17) is 9.26 Å². The zero-order valence-electron chi connectivity index (χ0n) is 18.1. The van der Waals surface area contributed by atoms with E-state index in [1.807, 2.05) is 0 Å². The number of rotatable bonds is 8. The molecule has 1 aromatic heterocycles. The molecule has 3 heterocycles. The SMILES string of the molecule is CCCCc1ccc(O[C@H]2CC3CC[C@H](C2)N3CS(=O)(=O)c2c(C)noc2C)cc1. The summed E-state index contributed by atoms with van der Waals surface area (Å²) in [7, 11) is -3.46. The molecule has 6 nitrogen and oxygen atoms in total. The van der Waals surface area contributed by atoms with E-state index >= 15 is 0 Å². The minimum Gasteiger partial charge on any atom is -0.490 e. The third-order valence-corrected chi connectivity index (χ3v) is 8.33. The fourth-order valence-corrected chi connectivity index (χ4v) is 6.92. The standard InChI is InChI=1S/C23H32N2O4S/c1-4-5-6-18-7-11-21(12-8-18)28-22-13-19-9-10-20(14-22)25(19)15-30(26,27)23-16(2)24-29-17(23)3/h7-8,11-12,19-20,22H,4-6,9-10,13-15H2,1-3H3/t19-,20?,22-/m1/s1. The number of sulfone groups is 1. The van der Waals surface area contributed by atoms with Gasteiger partial charge in [0, 0.05) is 12.1 Å². The Labute approximate surface area is 179 Å². The smallest absolute Gasteiger partial charge is 0.196 e. The molecule has 0 radical (unpaired) electrons. The fourth-order valence-electron chi connectivity index (χ4n) is 5.02. The van der Waals surface area contributed by atoms with Gasteiger partial charge in [-0.05, 0) is 70.1 Å². The van der Waals surface area contributed by atoms with Gasteiger partial charge in [-0.1, -0.05) is 30.6 Å². The zero-order valence-corrected chi connectivity index (χ0v) is 19.0. The van der Waals surface area contributed by atoms with Crippen molar-refractivity contribution in [2.45, 2.75) is 88.8 Å². The molecule has 7 heteroatoms. The first-order valence-electron chi connectivity index (χ1n) is 11.0. The summed E-state index contributed by atoms with van der Waals surface area (Å²) in [5.41, 5.74) is 1.80. The Morgan fingerprint density at radius 2 is 1.80 bits per heavy atom. The minimum absolute atomic E-state index is 0.0318. The summed E-state index contributed by atoms with van der Waals surface area (Å²) in [4.78, 5) is 2.41. The Kier molecular flexibility index (Phi) is 6.21. The molecule has 1 aromatic carbocycles. The van der Waals surface area contributed by atoms with Gasteiger partial charge in [0.05, 0.1) is 5.69 Å². The molecule has 2 aliphatic rings. The zero-order chi connectivity index (χ0) is 21.3. The number of aromatic nitrogens is 1. The average molecular weight is 433 g/mol. The van der Waals surface area contributed by atoms with Gasteiger partial charge in [-0.25, -0.2) is 8.42 Å². The lowest BCUT2D eigenvalue weighted by molar-refractivity contribution is 0.0609. The van der Waals surface area contributed by atoms with E-state index in [0.29, 0.717) is 11.5 Å². The maximum absolute atomic E-state index is 13.0. The number of ether oxygens (including phenoxy) is 1. The largest absolute Gasteiger partial charge is 0.490 e. The Morgan fingerprint density at radius 3 is 2.37 bits per heavy atom. The van der Waals surface area contributed by atoms with Gasteiger partial charge in [0.1, 0.15) is 22.6 Å². The van der Waals surface area contributed by atoms with Crippen LogP contribution in [0.25, 0.3) is 0 Å². The fraction of sp³-hybridized carbons (Fsp3) is 0.609. The highest BCUT2D eigenvalue weighted by atomic mass is 32.2. The quantitative estimate of drug-likeness (QED) is 0.614. The minimum atomic E-state index is -3.46. The first-order valence-corrected chi connectivity index (χ1v) is 12.7. The predicted molar refractivity (Wildman–Crippen MR) is 115 cm³/mol. The lowest BCUT2D eigenvalue weighted by atomic mass is 10.0. The topological polar surface area (TPSA) is 72.6 Å². The van der Waals surface area contributed by atoms with Crippen LogP contribution in [-0.2, 0) is 16.3 Å². The van der Waals surface area contributed by atoms with Gasteiger partial charge in [0.15, 0.2) is 15.6 Å². The third kappa shape index (κ3) is 4.42. The molecule has 2 aliphatic heterocycles. The molecule has 2 saturated heterocycles. The van der Waals surface area contributed by atoms with Gasteiger partial charge in [-0.15, -0.1) is 0 Å². The van der Waals surface area contributed by atoms with Gasteiger partial charge >= 0.3 is 0 Å². The van der Waals surface area contributed by atoms with E-state index in [2.05, 4.69) is 41.2 Å². The van der Waals surface area contributed by atoms with Crippen molar-refractivity contribution in [1.29, 1.82) is 0 Å². The molecule has 0 saturated carbocycles. The highest BCUT2D eigenvalue weighted by Gasteiger charge is 2.44. The van der Waals surface area contributed by atoms with Crippen LogP contribution >= 0.6 is 0 Å². The van der Waals surface area contributed by atoms with Crippen LogP contribution in [0.4, 0.5) is 0 Å². The Bertz CT molecular complexity index is 934. The molecule has 4 rings (SSSR count). The van der Waals surface area contributed by atoms with Crippen molar-refractivity contribution in [2.24, 2.45) is 0 Å². The Hall–Kier alpha value is -1.86. The van der Waals surface area contributed by atoms with Crippen LogP contribution in [0.15, 0.2) is 33.7 Å². The van der Waals surface area contributed by atoms with Crippen molar-refractivity contribution in [1.82, 2.24) is 10.1 Å². The molecule has 2 fully saturated rings. The number of nitrogens with zero attached hydrogens (tertiary/aromatic N) is 2. The molecule has 3 atom stereocenters. The Balaban J connectivity index is 1.39. The van der Waals surface area contributed by atoms with Crippen LogP contribution in [-0.4, -0.2) is 42.5 Å². The molecule has 0 amide bonds. The molecule has 164 valence electrons. The number of aryl methyl sites for hydroxylation is 3. The molecule has 0 spiro atoms. The number of hydrogen-bond acceptors (Lipinski definition) is 6. The maximum Gasteiger partial charge on any atom is 0.196 e. The molecule has 1 unspecified atom stereocenters. The van der Waals surface area contributed by atoms with Crippen LogP contribution < -0.4 is 4.74 Å². The number of piperidine rings is 1. The van der Waals surface area contributed by atoms with Crippen molar-refractivity contribution >= 4 is 9.84 Å². The molecule has 30 heavy (non-hydrogen) atoms. The monoisotopic (exact) mass is 432 g/mol. The first kappa shape index (κ1) is 21.4. The van der Waals surface area contributed by atoms with Crippen LogP contribution in [0.1, 0.15) is 62.5 Å². The van der Waals surface area contributed by atoms with Crippen LogP contribution in [0, 0.1) is 13.8 Å². The van der Waals surface area contributed by atoms with Crippen molar-refractivity contribution in [3.05, 3.63) is 41.3 Å². The second-order valence-corrected chi connectivity index (χ2v) is 10.7. The second kappa shape index (κ2) is 8.71. The summed E-state index contributed by atoms with van der Waals surface area (Å²) in [6, 6.07) is 8.94. The highest BCUT2D eigenvalue weighted by Crippen LogP contribution is 2.38. The van der Waals surface area contributed by atoms with Crippen molar-refractivity contribution in [3.8, 4) is 5.75 Å². The number of unbranched alkanes of at least 4 members (excludes halogenated alkanes) is 1. The van der Waals surface area contributed by atoms with E-state index in [-0.39, 0.29) is 29.0 Å². The van der Waals surface area contributed by atoms with Gasteiger partial charge in [0.25, 0.3) is 0 Å². The Morgan fingerprint density at radius 1 is 1.13 bits per heavy atom. The molecule has 0 aliphatic carbocycles. The van der Waals surface area contributed by atoms with Gasteiger partial charge < -0.3 is 9.26 Å². The van der Waals surface area contributed by atoms with E-state index in [0.717, 1.165) is 37.9 Å². The lowest BCUT2D eigenvalue weighted by Crippen LogP contribution is -2.48. The summed E-state index contributed by atoms with van der Waals surface area (Å²) < 4.78 is 37.4. The van der Waals surface area contributed by atoms with E-state index < -0.39 is 9.84 Å². The van der Waals surface area contributed by atoms with E-state index in [1.54, 1.807) is 13.8 Å². The summed E-state index contributed by atoms with van der Waals surface area (Å²) in [5, 5.41) is 3.82. The van der Waals surface area contributed by atoms with E-state index in [1.165, 1.54) is 18.4 Å². The summed E-state index contributed by atoms with van der Waals surface area (Å²) >= 11 is 0. The van der Waals surface area contributed by atoms with Crippen LogP contribution in [0.2, 0.25) is 0 Å². The predicted octanol–water partition coefficient (Wildman–Crippen LogP) is 4.44.